The highest BCUT2D eigenvalue weighted by Gasteiger charge is 2.21. The molecule has 0 radical (unpaired) electrons. The lowest BCUT2D eigenvalue weighted by atomic mass is 9.88. The van der Waals surface area contributed by atoms with Crippen LogP contribution in [0.15, 0.2) is 48.7 Å². The van der Waals surface area contributed by atoms with Crippen molar-refractivity contribution in [1.82, 2.24) is 9.97 Å². The second kappa shape index (κ2) is 7.37. The van der Waals surface area contributed by atoms with Crippen LogP contribution in [0.1, 0.15) is 24.8 Å². The maximum absolute atomic E-state index is 9.87. The lowest BCUT2D eigenvalue weighted by molar-refractivity contribution is 0.166. The molecule has 27 heavy (non-hydrogen) atoms. The van der Waals surface area contributed by atoms with E-state index in [1.807, 2.05) is 24.4 Å². The monoisotopic (exact) mass is 361 g/mol. The minimum atomic E-state index is -0.257. The average molecular weight is 361 g/mol. The highest BCUT2D eigenvalue weighted by molar-refractivity contribution is 6.01. The van der Waals surface area contributed by atoms with Crippen LogP contribution < -0.4 is 10.1 Å². The largest absolute Gasteiger partial charge is 0.494 e. The summed E-state index contributed by atoms with van der Waals surface area (Å²) in [6.45, 7) is 0. The number of fused-ring (bicyclic) bond motifs is 1. The molecule has 0 saturated carbocycles. The minimum Gasteiger partial charge on any atom is -0.494 e. The zero-order valence-corrected chi connectivity index (χ0v) is 15.6. The number of aromatic nitrogens is 2. The smallest absolute Gasteiger partial charge is 0.223 e. The zero-order valence-electron chi connectivity index (χ0n) is 15.6. The van der Waals surface area contributed by atoms with Gasteiger partial charge in [-0.2, -0.15) is 0 Å². The summed E-state index contributed by atoms with van der Waals surface area (Å²) in [7, 11) is 3.49. The van der Waals surface area contributed by atoms with E-state index in [-0.39, 0.29) is 6.10 Å². The molecule has 1 aromatic heterocycles. The van der Waals surface area contributed by atoms with Crippen molar-refractivity contribution in [1.29, 1.82) is 0 Å². The molecule has 1 aliphatic carbocycles. The number of anilines is 1. The Labute approximate surface area is 158 Å². The molecule has 2 N–H and O–H groups in total. The van der Waals surface area contributed by atoms with Crippen LogP contribution in [-0.2, 0) is 0 Å². The van der Waals surface area contributed by atoms with Crippen molar-refractivity contribution >= 4 is 22.4 Å². The van der Waals surface area contributed by atoms with Gasteiger partial charge in [-0.05, 0) is 42.0 Å². The molecule has 0 bridgehead atoms. The van der Waals surface area contributed by atoms with Gasteiger partial charge < -0.3 is 15.2 Å². The van der Waals surface area contributed by atoms with Crippen LogP contribution in [-0.4, -0.2) is 35.3 Å². The third-order valence-electron chi connectivity index (χ3n) is 5.07. The normalized spacial score (nSPS) is 16.9. The third kappa shape index (κ3) is 3.26. The number of hydrogen-bond donors (Lipinski definition) is 2. The Morgan fingerprint density at radius 3 is 2.67 bits per heavy atom. The third-order valence-corrected chi connectivity index (χ3v) is 5.07. The topological polar surface area (TPSA) is 67.3 Å². The highest BCUT2D eigenvalue weighted by Crippen LogP contribution is 2.42. The predicted octanol–water partition coefficient (Wildman–Crippen LogP) is 4.28. The Kier molecular flexibility index (Phi) is 4.77. The number of methoxy groups -OCH3 is 1. The first-order chi connectivity index (χ1) is 13.2. The molecule has 5 heteroatoms. The van der Waals surface area contributed by atoms with Crippen molar-refractivity contribution < 1.29 is 9.84 Å². The number of nitrogens with one attached hydrogen (secondary N) is 1. The Morgan fingerprint density at radius 2 is 2.00 bits per heavy atom. The molecular weight excluding hydrogens is 338 g/mol. The van der Waals surface area contributed by atoms with Gasteiger partial charge in [0.25, 0.3) is 0 Å². The van der Waals surface area contributed by atoms with Crippen molar-refractivity contribution in [3.63, 3.8) is 0 Å². The summed E-state index contributed by atoms with van der Waals surface area (Å²) in [6, 6.07) is 12.4. The number of aliphatic hydroxyl groups is 1. The molecule has 5 nitrogen and oxygen atoms in total. The van der Waals surface area contributed by atoms with Gasteiger partial charge in [-0.3, -0.25) is 0 Å². The Hall–Kier alpha value is -2.92. The van der Waals surface area contributed by atoms with E-state index in [4.69, 9.17) is 9.72 Å². The zero-order chi connectivity index (χ0) is 18.8. The first kappa shape index (κ1) is 17.5. The number of allylic oxidation sites excluding steroid dienone is 1. The molecule has 0 aliphatic heterocycles. The summed E-state index contributed by atoms with van der Waals surface area (Å²) in [5.41, 5.74) is 5.22. The van der Waals surface area contributed by atoms with Crippen molar-refractivity contribution in [2.45, 2.75) is 25.4 Å². The molecular formula is C22H23N3O2. The average Bonchev–Trinajstić information content (AvgIpc) is 2.73. The first-order valence-electron chi connectivity index (χ1n) is 9.19. The van der Waals surface area contributed by atoms with E-state index in [1.54, 1.807) is 14.2 Å². The quantitative estimate of drug-likeness (QED) is 0.726. The number of benzene rings is 2. The minimum absolute atomic E-state index is 0.257. The molecule has 2 aromatic carbocycles. The molecule has 0 spiro atoms. The van der Waals surface area contributed by atoms with Gasteiger partial charge in [0.1, 0.15) is 5.52 Å². The van der Waals surface area contributed by atoms with Crippen molar-refractivity contribution in [3.8, 4) is 16.9 Å². The summed E-state index contributed by atoms with van der Waals surface area (Å²) >= 11 is 0. The fourth-order valence-corrected chi connectivity index (χ4v) is 3.65. The van der Waals surface area contributed by atoms with E-state index in [2.05, 4.69) is 34.6 Å². The molecule has 1 heterocycles. The Bertz CT molecular complexity index is 999. The van der Waals surface area contributed by atoms with Gasteiger partial charge >= 0.3 is 0 Å². The van der Waals surface area contributed by atoms with E-state index in [9.17, 15) is 5.11 Å². The van der Waals surface area contributed by atoms with Crippen molar-refractivity contribution in [3.05, 3.63) is 54.2 Å². The Balaban J connectivity index is 2.02. The van der Waals surface area contributed by atoms with E-state index in [0.29, 0.717) is 12.4 Å². The van der Waals surface area contributed by atoms with Gasteiger partial charge in [0.15, 0.2) is 5.75 Å². The number of aliphatic hydroxyl groups excluding tert-OH is 1. The summed E-state index contributed by atoms with van der Waals surface area (Å²) < 4.78 is 5.81. The van der Waals surface area contributed by atoms with Crippen molar-refractivity contribution in [2.75, 3.05) is 19.5 Å². The summed E-state index contributed by atoms with van der Waals surface area (Å²) in [4.78, 5) is 9.11. The van der Waals surface area contributed by atoms with Gasteiger partial charge in [0.05, 0.1) is 13.2 Å². The summed E-state index contributed by atoms with van der Waals surface area (Å²) in [5.74, 6) is 1.32. The van der Waals surface area contributed by atoms with E-state index < -0.39 is 0 Å². The second-order valence-electron chi connectivity index (χ2n) is 6.73. The molecule has 0 amide bonds. The van der Waals surface area contributed by atoms with Crippen LogP contribution in [0.3, 0.4) is 0 Å². The van der Waals surface area contributed by atoms with Crippen LogP contribution in [0, 0.1) is 0 Å². The van der Waals surface area contributed by atoms with Crippen LogP contribution in [0.5, 0.6) is 5.75 Å². The van der Waals surface area contributed by atoms with Gasteiger partial charge in [0, 0.05) is 24.2 Å². The van der Waals surface area contributed by atoms with Crippen LogP contribution in [0.25, 0.3) is 27.6 Å². The van der Waals surface area contributed by atoms with E-state index in [1.165, 1.54) is 5.57 Å². The standard InChI is InChI=1S/C22H23N3O2/c1-23-22-24-13-19-17(14-6-4-3-5-7-14)12-18(21(27-2)20(19)25-22)15-8-10-16(26)11-9-15/h3-8,12-13,16,26H,9-11H2,1-2H3,(H,23,24,25). The van der Waals surface area contributed by atoms with Gasteiger partial charge in [-0.1, -0.05) is 36.4 Å². The number of hydrogen-bond acceptors (Lipinski definition) is 5. The van der Waals surface area contributed by atoms with E-state index >= 15 is 0 Å². The SMILES string of the molecule is CNc1ncc2c(-c3ccccc3)cc(C3=CCC(O)CC3)c(OC)c2n1. The lowest BCUT2D eigenvalue weighted by Crippen LogP contribution is -2.10. The molecule has 138 valence electrons. The molecule has 0 saturated heterocycles. The number of rotatable bonds is 4. The molecule has 3 aromatic rings. The molecule has 0 fully saturated rings. The second-order valence-corrected chi connectivity index (χ2v) is 6.73. The molecule has 1 aliphatic rings. The summed E-state index contributed by atoms with van der Waals surface area (Å²) in [6.07, 6.45) is 5.96. The first-order valence-corrected chi connectivity index (χ1v) is 9.19. The fraction of sp³-hybridized carbons (Fsp3) is 0.273. The highest BCUT2D eigenvalue weighted by atomic mass is 16.5. The van der Waals surface area contributed by atoms with Gasteiger partial charge in [0.2, 0.25) is 5.95 Å². The summed E-state index contributed by atoms with van der Waals surface area (Å²) in [5, 5.41) is 13.8. The number of nitrogens with zero attached hydrogens (tertiary/aromatic N) is 2. The molecule has 1 atom stereocenters. The van der Waals surface area contributed by atoms with Crippen LogP contribution in [0.2, 0.25) is 0 Å². The van der Waals surface area contributed by atoms with Crippen molar-refractivity contribution in [2.24, 2.45) is 0 Å². The van der Waals surface area contributed by atoms with Gasteiger partial charge in [-0.15, -0.1) is 0 Å². The van der Waals surface area contributed by atoms with E-state index in [0.717, 1.165) is 46.2 Å². The number of ether oxygens (including phenoxy) is 1. The predicted molar refractivity (Wildman–Crippen MR) is 109 cm³/mol. The molecule has 4 rings (SSSR count). The van der Waals surface area contributed by atoms with Gasteiger partial charge in [-0.25, -0.2) is 9.97 Å². The van der Waals surface area contributed by atoms with Crippen LogP contribution >= 0.6 is 0 Å². The van der Waals surface area contributed by atoms with Crippen LogP contribution in [0.4, 0.5) is 5.95 Å². The maximum atomic E-state index is 9.87. The maximum Gasteiger partial charge on any atom is 0.223 e. The Morgan fingerprint density at radius 1 is 1.19 bits per heavy atom. The fourth-order valence-electron chi connectivity index (χ4n) is 3.65. The lowest BCUT2D eigenvalue weighted by Gasteiger charge is -2.21. The molecule has 1 unspecified atom stereocenters.